The van der Waals surface area contributed by atoms with Crippen molar-refractivity contribution < 1.29 is 4.79 Å². The molecule has 7 heteroatoms. The van der Waals surface area contributed by atoms with Crippen LogP contribution in [-0.4, -0.2) is 31.8 Å². The summed E-state index contributed by atoms with van der Waals surface area (Å²) >= 11 is 7.80. The normalized spacial score (nSPS) is 16.4. The molecule has 3 aromatic rings. The van der Waals surface area contributed by atoms with Crippen molar-refractivity contribution in [3.8, 4) is 0 Å². The lowest BCUT2D eigenvalue weighted by atomic mass is 10.1. The minimum Gasteiger partial charge on any atom is -0.334 e. The number of amides is 1. The third kappa shape index (κ3) is 3.28. The second-order valence-corrected chi connectivity index (χ2v) is 7.51. The van der Waals surface area contributed by atoms with Crippen LogP contribution in [0.2, 0.25) is 5.02 Å². The van der Waals surface area contributed by atoms with E-state index in [0.717, 1.165) is 22.6 Å². The van der Waals surface area contributed by atoms with E-state index in [9.17, 15) is 4.79 Å². The van der Waals surface area contributed by atoms with Crippen molar-refractivity contribution in [2.24, 2.45) is 0 Å². The molecule has 5 nitrogen and oxygen atoms in total. The highest BCUT2D eigenvalue weighted by Crippen LogP contribution is 2.29. The van der Waals surface area contributed by atoms with E-state index < -0.39 is 0 Å². The van der Waals surface area contributed by atoms with Gasteiger partial charge in [0, 0.05) is 17.3 Å². The topological polar surface area (TPSA) is 61.9 Å². The van der Waals surface area contributed by atoms with Gasteiger partial charge in [-0.2, -0.15) is 0 Å². The van der Waals surface area contributed by atoms with Gasteiger partial charge in [0.1, 0.15) is 5.52 Å². The fourth-order valence-corrected chi connectivity index (χ4v) is 4.18. The highest BCUT2D eigenvalue weighted by molar-refractivity contribution is 7.11. The Hall–Kier alpha value is -1.92. The smallest absolute Gasteiger partial charge is 0.290 e. The van der Waals surface area contributed by atoms with E-state index in [2.05, 4.69) is 15.0 Å². The number of para-hydroxylation sites is 1. The van der Waals surface area contributed by atoms with Gasteiger partial charge in [0.2, 0.25) is 0 Å². The third-order valence-corrected chi connectivity index (χ3v) is 5.45. The molecule has 0 fully saturated rings. The number of nitrogens with one attached hydrogen (secondary N) is 1. The number of nitrogens with zero attached hydrogens (tertiary/aromatic N) is 3. The molecule has 3 heterocycles. The SMILES string of the molecule is CC.Cc1nc2c(s1)CN(C(=O)c1nc3c(Cl)cccc3[nH]1)C(C)C2. The molecule has 1 N–H and O–H groups in total. The van der Waals surface area contributed by atoms with E-state index in [4.69, 9.17) is 11.6 Å². The van der Waals surface area contributed by atoms with Crippen molar-refractivity contribution in [3.63, 3.8) is 0 Å². The number of aryl methyl sites for hydroxylation is 1. The summed E-state index contributed by atoms with van der Waals surface area (Å²) in [5, 5.41) is 1.59. The van der Waals surface area contributed by atoms with Crippen LogP contribution in [0.5, 0.6) is 0 Å². The van der Waals surface area contributed by atoms with Crippen LogP contribution in [0.25, 0.3) is 11.0 Å². The number of rotatable bonds is 1. The van der Waals surface area contributed by atoms with Crippen LogP contribution in [0.4, 0.5) is 0 Å². The van der Waals surface area contributed by atoms with Crippen LogP contribution < -0.4 is 0 Å². The van der Waals surface area contributed by atoms with Crippen molar-refractivity contribution in [2.75, 3.05) is 0 Å². The second-order valence-electron chi connectivity index (χ2n) is 5.81. The van der Waals surface area contributed by atoms with Crippen LogP contribution in [0, 0.1) is 6.92 Å². The number of aromatic amines is 1. The first-order chi connectivity index (χ1) is 12.0. The van der Waals surface area contributed by atoms with Gasteiger partial charge in [-0.15, -0.1) is 11.3 Å². The van der Waals surface area contributed by atoms with E-state index in [0.29, 0.717) is 22.9 Å². The van der Waals surface area contributed by atoms with Crippen molar-refractivity contribution in [1.29, 1.82) is 0 Å². The van der Waals surface area contributed by atoms with Crippen molar-refractivity contribution in [1.82, 2.24) is 19.9 Å². The maximum atomic E-state index is 12.9. The molecule has 1 aromatic carbocycles. The summed E-state index contributed by atoms with van der Waals surface area (Å²) in [6.45, 7) is 8.64. The minimum absolute atomic E-state index is 0.0959. The standard InChI is InChI=1S/C16H15ClN4OS.C2H6/c1-8-6-12-13(23-9(2)18-12)7-21(8)16(22)15-19-11-5-3-4-10(17)14(11)20-15;1-2/h3-5,8H,6-7H2,1-2H3,(H,19,20);1-2H3. The average Bonchev–Trinajstić information content (AvgIpc) is 3.18. The van der Waals surface area contributed by atoms with E-state index in [1.807, 2.05) is 44.7 Å². The molecule has 1 unspecified atom stereocenters. The molecule has 1 amide bonds. The first-order valence-corrected chi connectivity index (χ1v) is 9.62. The Bertz CT molecular complexity index is 917. The monoisotopic (exact) mass is 376 g/mol. The van der Waals surface area contributed by atoms with Crippen LogP contribution in [0.1, 0.15) is 47.0 Å². The summed E-state index contributed by atoms with van der Waals surface area (Å²) in [5.74, 6) is 0.242. The zero-order chi connectivity index (χ0) is 18.1. The third-order valence-electron chi connectivity index (χ3n) is 4.15. The van der Waals surface area contributed by atoms with E-state index in [-0.39, 0.29) is 11.9 Å². The Morgan fingerprint density at radius 3 is 2.84 bits per heavy atom. The van der Waals surface area contributed by atoms with Crippen LogP contribution in [0.15, 0.2) is 18.2 Å². The molecule has 0 saturated heterocycles. The van der Waals surface area contributed by atoms with Gasteiger partial charge in [-0.05, 0) is 26.0 Å². The summed E-state index contributed by atoms with van der Waals surface area (Å²) in [4.78, 5) is 27.9. The summed E-state index contributed by atoms with van der Waals surface area (Å²) in [7, 11) is 0. The van der Waals surface area contributed by atoms with E-state index >= 15 is 0 Å². The Balaban J connectivity index is 0.000000880. The number of carbonyl (C=O) groups excluding carboxylic acids is 1. The Labute approximate surface area is 156 Å². The van der Waals surface area contributed by atoms with Gasteiger partial charge >= 0.3 is 0 Å². The number of hydrogen-bond donors (Lipinski definition) is 1. The molecule has 1 aliphatic rings. The van der Waals surface area contributed by atoms with E-state index in [1.54, 1.807) is 17.4 Å². The highest BCUT2D eigenvalue weighted by atomic mass is 35.5. The van der Waals surface area contributed by atoms with Crippen LogP contribution >= 0.6 is 22.9 Å². The number of fused-ring (bicyclic) bond motifs is 2. The molecular formula is C18H21ClN4OS. The van der Waals surface area contributed by atoms with Crippen LogP contribution in [0.3, 0.4) is 0 Å². The van der Waals surface area contributed by atoms with Crippen molar-refractivity contribution in [3.05, 3.63) is 44.6 Å². The van der Waals surface area contributed by atoms with Gasteiger partial charge in [0.25, 0.3) is 5.91 Å². The number of carbonyl (C=O) groups is 1. The van der Waals surface area contributed by atoms with Gasteiger partial charge in [0.05, 0.1) is 27.8 Å². The maximum absolute atomic E-state index is 12.9. The molecule has 0 spiro atoms. The zero-order valence-corrected chi connectivity index (χ0v) is 16.3. The summed E-state index contributed by atoms with van der Waals surface area (Å²) in [6.07, 6.45) is 0.784. The summed E-state index contributed by atoms with van der Waals surface area (Å²) in [6, 6.07) is 5.58. The lowest BCUT2D eigenvalue weighted by Gasteiger charge is -2.32. The number of imidazole rings is 1. The zero-order valence-electron chi connectivity index (χ0n) is 14.8. The number of thiazole rings is 1. The fraction of sp³-hybridized carbons (Fsp3) is 0.389. The largest absolute Gasteiger partial charge is 0.334 e. The number of H-pyrrole nitrogens is 1. The predicted molar refractivity (Wildman–Crippen MR) is 102 cm³/mol. The van der Waals surface area contributed by atoms with Crippen molar-refractivity contribution >= 4 is 39.9 Å². The van der Waals surface area contributed by atoms with Gasteiger partial charge in [-0.25, -0.2) is 9.97 Å². The molecule has 2 aromatic heterocycles. The molecule has 0 radical (unpaired) electrons. The van der Waals surface area contributed by atoms with E-state index in [1.165, 1.54) is 4.88 Å². The predicted octanol–water partition coefficient (Wildman–Crippen LogP) is 4.59. The first-order valence-electron chi connectivity index (χ1n) is 8.43. The molecule has 1 atom stereocenters. The fourth-order valence-electron chi connectivity index (χ4n) is 3.00. The molecule has 0 aliphatic carbocycles. The highest BCUT2D eigenvalue weighted by Gasteiger charge is 2.31. The van der Waals surface area contributed by atoms with Gasteiger partial charge in [-0.3, -0.25) is 4.79 Å². The summed E-state index contributed by atoms with van der Waals surface area (Å²) < 4.78 is 0. The molecule has 132 valence electrons. The minimum atomic E-state index is -0.0959. The summed E-state index contributed by atoms with van der Waals surface area (Å²) in [5.41, 5.74) is 2.54. The average molecular weight is 377 g/mol. The number of benzene rings is 1. The molecule has 4 rings (SSSR count). The molecule has 1 aliphatic heterocycles. The second kappa shape index (κ2) is 7.14. The molecule has 0 saturated carbocycles. The number of halogens is 1. The Kier molecular flexibility index (Phi) is 5.11. The lowest BCUT2D eigenvalue weighted by molar-refractivity contribution is 0.0649. The molecular weight excluding hydrogens is 356 g/mol. The molecule has 0 bridgehead atoms. The number of hydrogen-bond acceptors (Lipinski definition) is 4. The van der Waals surface area contributed by atoms with Crippen molar-refractivity contribution in [2.45, 2.75) is 46.7 Å². The first kappa shape index (κ1) is 17.9. The van der Waals surface area contributed by atoms with Gasteiger partial charge < -0.3 is 9.88 Å². The lowest BCUT2D eigenvalue weighted by Crippen LogP contribution is -2.42. The quantitative estimate of drug-likeness (QED) is 0.675. The van der Waals surface area contributed by atoms with Gasteiger partial charge in [0.15, 0.2) is 5.82 Å². The Morgan fingerprint density at radius 2 is 2.12 bits per heavy atom. The van der Waals surface area contributed by atoms with Crippen LogP contribution in [-0.2, 0) is 13.0 Å². The maximum Gasteiger partial charge on any atom is 0.290 e. The molecule has 25 heavy (non-hydrogen) atoms. The number of aromatic nitrogens is 3. The van der Waals surface area contributed by atoms with Gasteiger partial charge in [-0.1, -0.05) is 31.5 Å². The Morgan fingerprint density at radius 1 is 1.36 bits per heavy atom.